The van der Waals surface area contributed by atoms with Crippen molar-refractivity contribution >= 4 is 5.91 Å². The summed E-state index contributed by atoms with van der Waals surface area (Å²) in [5.41, 5.74) is 1.74. The zero-order valence-corrected chi connectivity index (χ0v) is 13.3. The van der Waals surface area contributed by atoms with Gasteiger partial charge in [0.1, 0.15) is 11.4 Å². The summed E-state index contributed by atoms with van der Waals surface area (Å²) in [5, 5.41) is 6.75. The van der Waals surface area contributed by atoms with Crippen molar-refractivity contribution in [2.75, 3.05) is 7.11 Å². The van der Waals surface area contributed by atoms with Gasteiger partial charge in [0.05, 0.1) is 19.9 Å². The van der Waals surface area contributed by atoms with Crippen molar-refractivity contribution in [3.63, 3.8) is 0 Å². The van der Waals surface area contributed by atoms with Crippen molar-refractivity contribution in [1.29, 1.82) is 0 Å². The lowest BCUT2D eigenvalue weighted by molar-refractivity contribution is -0.121. The predicted molar refractivity (Wildman–Crippen MR) is 87.4 cm³/mol. The number of amides is 1. The number of nitrogens with zero attached hydrogens (tertiary/aromatic N) is 1. The van der Waals surface area contributed by atoms with Crippen molar-refractivity contribution in [3.05, 3.63) is 60.0 Å². The first-order valence-corrected chi connectivity index (χ1v) is 7.63. The van der Waals surface area contributed by atoms with E-state index >= 15 is 0 Å². The fraction of sp³-hybridized carbons (Fsp3) is 0.222. The van der Waals surface area contributed by atoms with Crippen LogP contribution in [0, 0.1) is 0 Å². The number of carbonyl (C=O) groups is 1. The normalized spacial score (nSPS) is 10.5. The molecule has 1 aromatic carbocycles. The van der Waals surface area contributed by atoms with E-state index in [1.54, 1.807) is 31.6 Å². The molecule has 1 N–H and O–H groups in total. The molecule has 0 fully saturated rings. The highest BCUT2D eigenvalue weighted by Gasteiger charge is 2.10. The number of carbonyl (C=O) groups excluding carboxylic acids is 1. The van der Waals surface area contributed by atoms with Gasteiger partial charge in [0.15, 0.2) is 5.76 Å². The van der Waals surface area contributed by atoms with Gasteiger partial charge in [-0.15, -0.1) is 0 Å². The second-order valence-corrected chi connectivity index (χ2v) is 5.28. The summed E-state index contributed by atoms with van der Waals surface area (Å²) < 4.78 is 15.5. The van der Waals surface area contributed by atoms with Gasteiger partial charge in [0.25, 0.3) is 0 Å². The molecule has 3 rings (SSSR count). The van der Waals surface area contributed by atoms with Crippen LogP contribution in [0.25, 0.3) is 11.5 Å². The van der Waals surface area contributed by atoms with Gasteiger partial charge in [-0.25, -0.2) is 0 Å². The first-order valence-electron chi connectivity index (χ1n) is 7.63. The van der Waals surface area contributed by atoms with Gasteiger partial charge in [-0.2, -0.15) is 0 Å². The molecule has 0 aliphatic heterocycles. The molecule has 0 atom stereocenters. The Morgan fingerprint density at radius 1 is 1.21 bits per heavy atom. The zero-order valence-electron chi connectivity index (χ0n) is 13.3. The summed E-state index contributed by atoms with van der Waals surface area (Å²) in [6.45, 7) is 0.325. The van der Waals surface area contributed by atoms with Crippen LogP contribution >= 0.6 is 0 Å². The maximum atomic E-state index is 11.9. The van der Waals surface area contributed by atoms with Gasteiger partial charge < -0.3 is 19.0 Å². The molecule has 3 aromatic rings. The van der Waals surface area contributed by atoms with E-state index in [0.717, 1.165) is 11.3 Å². The molecule has 0 aliphatic rings. The lowest BCUT2D eigenvalue weighted by Gasteiger charge is -2.04. The molecule has 2 heterocycles. The quantitative estimate of drug-likeness (QED) is 0.721. The van der Waals surface area contributed by atoms with Crippen LogP contribution in [0.5, 0.6) is 5.75 Å². The molecular formula is C18H18N2O4. The highest BCUT2D eigenvalue weighted by molar-refractivity contribution is 5.76. The molecule has 24 heavy (non-hydrogen) atoms. The molecule has 0 radical (unpaired) electrons. The van der Waals surface area contributed by atoms with Crippen LogP contribution in [0.15, 0.2) is 57.7 Å². The zero-order chi connectivity index (χ0) is 16.8. The van der Waals surface area contributed by atoms with E-state index in [9.17, 15) is 4.79 Å². The smallest absolute Gasteiger partial charge is 0.220 e. The van der Waals surface area contributed by atoms with Crippen LogP contribution in [0.3, 0.4) is 0 Å². The van der Waals surface area contributed by atoms with Gasteiger partial charge in [0.2, 0.25) is 11.7 Å². The van der Waals surface area contributed by atoms with Crippen molar-refractivity contribution < 1.29 is 18.5 Å². The molecule has 0 saturated carbocycles. The number of rotatable bonds is 7. The summed E-state index contributed by atoms with van der Waals surface area (Å²) in [6, 6.07) is 13.0. The highest BCUT2D eigenvalue weighted by atomic mass is 16.5. The minimum absolute atomic E-state index is 0.0339. The number of hydrogen-bond donors (Lipinski definition) is 1. The van der Waals surface area contributed by atoms with Crippen LogP contribution in [-0.2, 0) is 17.8 Å². The van der Waals surface area contributed by atoms with Gasteiger partial charge in [-0.05, 0) is 36.2 Å². The maximum absolute atomic E-state index is 11.9. The molecule has 0 saturated heterocycles. The molecule has 1 amide bonds. The molecular weight excluding hydrogens is 308 g/mol. The maximum Gasteiger partial charge on any atom is 0.220 e. The Labute approximate surface area is 139 Å². The minimum Gasteiger partial charge on any atom is -0.497 e. The number of aromatic nitrogens is 1. The molecule has 0 bridgehead atoms. The second-order valence-electron chi connectivity index (χ2n) is 5.28. The molecule has 124 valence electrons. The molecule has 0 unspecified atom stereocenters. The first kappa shape index (κ1) is 15.9. The molecule has 0 spiro atoms. The first-order chi connectivity index (χ1) is 11.7. The summed E-state index contributed by atoms with van der Waals surface area (Å²) >= 11 is 0. The summed E-state index contributed by atoms with van der Waals surface area (Å²) in [6.07, 6.45) is 2.65. The number of nitrogens with one attached hydrogen (secondary N) is 1. The number of benzene rings is 1. The Hall–Kier alpha value is -3.02. The van der Waals surface area contributed by atoms with Crippen molar-refractivity contribution in [3.8, 4) is 17.3 Å². The molecule has 0 aliphatic carbocycles. The number of ether oxygens (including phenoxy) is 1. The Bertz CT molecular complexity index is 776. The van der Waals surface area contributed by atoms with Crippen LogP contribution in [0.1, 0.15) is 17.7 Å². The Balaban J connectivity index is 1.45. The van der Waals surface area contributed by atoms with Gasteiger partial charge in [-0.3, -0.25) is 4.79 Å². The predicted octanol–water partition coefficient (Wildman–Crippen LogP) is 3.19. The number of furan rings is 1. The monoisotopic (exact) mass is 326 g/mol. The van der Waals surface area contributed by atoms with Crippen molar-refractivity contribution in [2.24, 2.45) is 0 Å². The minimum atomic E-state index is -0.0339. The number of hydrogen-bond acceptors (Lipinski definition) is 5. The fourth-order valence-corrected chi connectivity index (χ4v) is 2.26. The Morgan fingerprint density at radius 2 is 2.04 bits per heavy atom. The van der Waals surface area contributed by atoms with E-state index in [1.807, 2.05) is 24.3 Å². The average molecular weight is 326 g/mol. The topological polar surface area (TPSA) is 77.5 Å². The Kier molecular flexibility index (Phi) is 4.96. The van der Waals surface area contributed by atoms with E-state index in [2.05, 4.69) is 10.5 Å². The van der Waals surface area contributed by atoms with Crippen molar-refractivity contribution in [2.45, 2.75) is 19.4 Å². The molecule has 6 heteroatoms. The van der Waals surface area contributed by atoms with Gasteiger partial charge >= 0.3 is 0 Å². The molecule has 6 nitrogen and oxygen atoms in total. The highest BCUT2D eigenvalue weighted by Crippen LogP contribution is 2.20. The lowest BCUT2D eigenvalue weighted by atomic mass is 10.1. The van der Waals surface area contributed by atoms with E-state index in [1.165, 1.54) is 0 Å². The standard InChI is InChI=1S/C18H18N2O4/c1-22-15-7-4-13(5-8-15)6-9-18(21)19-12-14-11-17(24-20-14)16-3-2-10-23-16/h2-5,7-8,10-11H,6,9,12H2,1H3,(H,19,21). The average Bonchev–Trinajstić information content (AvgIpc) is 3.29. The van der Waals surface area contributed by atoms with Crippen molar-refractivity contribution in [1.82, 2.24) is 10.5 Å². The van der Waals surface area contributed by atoms with Crippen LogP contribution in [0.2, 0.25) is 0 Å². The molecule has 2 aromatic heterocycles. The lowest BCUT2D eigenvalue weighted by Crippen LogP contribution is -2.23. The van der Waals surface area contributed by atoms with E-state index in [4.69, 9.17) is 13.7 Å². The van der Waals surface area contributed by atoms with Crippen LogP contribution in [-0.4, -0.2) is 18.2 Å². The van der Waals surface area contributed by atoms with E-state index < -0.39 is 0 Å². The van der Waals surface area contributed by atoms with Crippen LogP contribution < -0.4 is 10.1 Å². The third-order valence-electron chi connectivity index (χ3n) is 3.59. The number of aryl methyl sites for hydroxylation is 1. The summed E-state index contributed by atoms with van der Waals surface area (Å²) in [7, 11) is 1.63. The van der Waals surface area contributed by atoms with Gasteiger partial charge in [-0.1, -0.05) is 17.3 Å². The van der Waals surface area contributed by atoms with Gasteiger partial charge in [0, 0.05) is 12.5 Å². The van der Waals surface area contributed by atoms with Crippen LogP contribution in [0.4, 0.5) is 0 Å². The number of methoxy groups -OCH3 is 1. The second kappa shape index (κ2) is 7.50. The van der Waals surface area contributed by atoms with E-state index in [-0.39, 0.29) is 5.91 Å². The summed E-state index contributed by atoms with van der Waals surface area (Å²) in [5.74, 6) is 1.93. The third kappa shape index (κ3) is 4.04. The largest absolute Gasteiger partial charge is 0.497 e. The summed E-state index contributed by atoms with van der Waals surface area (Å²) in [4.78, 5) is 11.9. The SMILES string of the molecule is COc1ccc(CCC(=O)NCc2cc(-c3ccco3)on2)cc1. The third-order valence-corrected chi connectivity index (χ3v) is 3.59. The van der Waals surface area contributed by atoms with E-state index in [0.29, 0.717) is 36.6 Å². The fourth-order valence-electron chi connectivity index (χ4n) is 2.26. The Morgan fingerprint density at radius 3 is 2.75 bits per heavy atom.